The number of methoxy groups -OCH3 is 1. The fraction of sp³-hybridized carbons (Fsp3) is 0.333. The molecule has 1 N–H and O–H groups in total. The molecule has 164 valence electrons. The van der Waals surface area contributed by atoms with Gasteiger partial charge in [0.2, 0.25) is 0 Å². The second kappa shape index (κ2) is 9.66. The summed E-state index contributed by atoms with van der Waals surface area (Å²) in [7, 11) is 5.35. The largest absolute Gasteiger partial charge is 0.507 e. The maximum Gasteiger partial charge on any atom is 0.295 e. The lowest BCUT2D eigenvalue weighted by atomic mass is 9.95. The van der Waals surface area contributed by atoms with Crippen LogP contribution >= 0.6 is 0 Å². The Hall–Kier alpha value is -3.32. The number of aliphatic hydroxyl groups excluding tert-OH is 1. The van der Waals surface area contributed by atoms with E-state index in [0.717, 1.165) is 0 Å². The number of benzene rings is 2. The number of amides is 1. The number of hydrogen-bond donors (Lipinski definition) is 1. The Morgan fingerprint density at radius 2 is 1.81 bits per heavy atom. The van der Waals surface area contributed by atoms with Crippen molar-refractivity contribution in [3.8, 4) is 11.5 Å². The number of nitrogens with zero attached hydrogens (tertiary/aromatic N) is 2. The predicted molar refractivity (Wildman–Crippen MR) is 118 cm³/mol. The highest BCUT2D eigenvalue weighted by Crippen LogP contribution is 2.40. The Morgan fingerprint density at radius 3 is 2.42 bits per heavy atom. The maximum atomic E-state index is 13.0. The van der Waals surface area contributed by atoms with Crippen LogP contribution in [0.1, 0.15) is 24.1 Å². The Balaban J connectivity index is 2.12. The smallest absolute Gasteiger partial charge is 0.295 e. The molecule has 0 radical (unpaired) electrons. The summed E-state index contributed by atoms with van der Waals surface area (Å²) in [4.78, 5) is 29.4. The van der Waals surface area contributed by atoms with Gasteiger partial charge in [0.15, 0.2) is 0 Å². The van der Waals surface area contributed by atoms with Crippen LogP contribution in [0, 0.1) is 0 Å². The molecule has 1 saturated heterocycles. The van der Waals surface area contributed by atoms with Crippen molar-refractivity contribution in [1.29, 1.82) is 0 Å². The number of Topliss-reactive ketones (excluding diaryl/α,β-unsaturated/α-hetero) is 1. The molecule has 0 bridgehead atoms. The van der Waals surface area contributed by atoms with E-state index in [4.69, 9.17) is 9.47 Å². The first-order chi connectivity index (χ1) is 14.9. The van der Waals surface area contributed by atoms with E-state index in [1.54, 1.807) is 31.4 Å². The van der Waals surface area contributed by atoms with Crippen molar-refractivity contribution in [3.63, 3.8) is 0 Å². The molecule has 0 spiro atoms. The molecule has 1 fully saturated rings. The molecule has 7 nitrogen and oxygen atoms in total. The van der Waals surface area contributed by atoms with Crippen molar-refractivity contribution < 1.29 is 24.2 Å². The number of hydrogen-bond acceptors (Lipinski definition) is 6. The standard InChI is InChI=1S/C24H28N2O5/c1-5-31-19-8-6-7-17(15-19)21-20(22(27)16-9-11-18(30-4)12-10-16)23(28)24(29)26(21)14-13-25(2)3/h6-12,15,21,27H,5,13-14H2,1-4H3. The number of ketones is 1. The van der Waals surface area contributed by atoms with E-state index < -0.39 is 17.7 Å². The Labute approximate surface area is 182 Å². The molecule has 3 rings (SSSR count). The molecule has 1 atom stereocenters. The molecular weight excluding hydrogens is 396 g/mol. The zero-order valence-corrected chi connectivity index (χ0v) is 18.3. The first-order valence-corrected chi connectivity index (χ1v) is 10.2. The molecular formula is C24H28N2O5. The van der Waals surface area contributed by atoms with E-state index in [1.165, 1.54) is 4.90 Å². The SMILES string of the molecule is CCOc1cccc(C2C(=C(O)c3ccc(OC)cc3)C(=O)C(=O)N2CCN(C)C)c1. The summed E-state index contributed by atoms with van der Waals surface area (Å²) in [5.41, 5.74) is 1.22. The molecule has 0 aliphatic carbocycles. The normalized spacial score (nSPS) is 18.0. The van der Waals surface area contributed by atoms with Crippen LogP contribution < -0.4 is 9.47 Å². The molecule has 7 heteroatoms. The van der Waals surface area contributed by atoms with Crippen LogP contribution in [-0.2, 0) is 9.59 Å². The van der Waals surface area contributed by atoms with E-state index in [0.29, 0.717) is 42.3 Å². The average Bonchev–Trinajstić information content (AvgIpc) is 3.02. The lowest BCUT2D eigenvalue weighted by Gasteiger charge is -2.26. The van der Waals surface area contributed by atoms with Crippen molar-refractivity contribution in [3.05, 3.63) is 65.2 Å². The Bertz CT molecular complexity index is 982. The second-order valence-corrected chi connectivity index (χ2v) is 7.53. The molecule has 2 aromatic carbocycles. The Kier molecular flexibility index (Phi) is 6.97. The number of likely N-dealkylation sites (tertiary alicyclic amines) is 1. The molecule has 1 unspecified atom stereocenters. The monoisotopic (exact) mass is 424 g/mol. The fourth-order valence-electron chi connectivity index (χ4n) is 3.61. The van der Waals surface area contributed by atoms with Gasteiger partial charge in [0.05, 0.1) is 25.3 Å². The summed E-state index contributed by atoms with van der Waals surface area (Å²) in [6.45, 7) is 3.31. The van der Waals surface area contributed by atoms with Crippen molar-refractivity contribution in [1.82, 2.24) is 9.80 Å². The summed E-state index contributed by atoms with van der Waals surface area (Å²) >= 11 is 0. The van der Waals surface area contributed by atoms with Crippen molar-refractivity contribution >= 4 is 17.4 Å². The fourth-order valence-corrected chi connectivity index (χ4v) is 3.61. The van der Waals surface area contributed by atoms with Gasteiger partial charge < -0.3 is 24.4 Å². The third kappa shape index (κ3) is 4.72. The summed E-state index contributed by atoms with van der Waals surface area (Å²) in [6.07, 6.45) is 0. The quantitative estimate of drug-likeness (QED) is 0.399. The maximum absolute atomic E-state index is 13.0. The van der Waals surface area contributed by atoms with E-state index in [1.807, 2.05) is 50.2 Å². The summed E-state index contributed by atoms with van der Waals surface area (Å²) in [5.74, 6) is -0.255. The molecule has 2 aromatic rings. The summed E-state index contributed by atoms with van der Waals surface area (Å²) in [6, 6.07) is 13.3. The number of carbonyl (C=O) groups is 2. The highest BCUT2D eigenvalue weighted by Gasteiger charge is 2.46. The van der Waals surface area contributed by atoms with Gasteiger partial charge in [-0.3, -0.25) is 9.59 Å². The number of ether oxygens (including phenoxy) is 2. The van der Waals surface area contributed by atoms with Gasteiger partial charge in [0, 0.05) is 18.7 Å². The summed E-state index contributed by atoms with van der Waals surface area (Å²) in [5, 5.41) is 11.1. The predicted octanol–water partition coefficient (Wildman–Crippen LogP) is 3.08. The van der Waals surface area contributed by atoms with Gasteiger partial charge in [-0.05, 0) is 63.0 Å². The molecule has 31 heavy (non-hydrogen) atoms. The third-order valence-corrected chi connectivity index (χ3v) is 5.18. The van der Waals surface area contributed by atoms with Gasteiger partial charge >= 0.3 is 0 Å². The molecule has 1 aliphatic heterocycles. The van der Waals surface area contributed by atoms with E-state index in [-0.39, 0.29) is 11.3 Å². The van der Waals surface area contributed by atoms with Crippen LogP contribution in [0.3, 0.4) is 0 Å². The molecule has 0 aromatic heterocycles. The second-order valence-electron chi connectivity index (χ2n) is 7.53. The zero-order chi connectivity index (χ0) is 22.5. The zero-order valence-electron chi connectivity index (χ0n) is 18.3. The summed E-state index contributed by atoms with van der Waals surface area (Å²) < 4.78 is 10.8. The highest BCUT2D eigenvalue weighted by molar-refractivity contribution is 6.46. The van der Waals surface area contributed by atoms with Gasteiger partial charge in [-0.1, -0.05) is 12.1 Å². The average molecular weight is 424 g/mol. The lowest BCUT2D eigenvalue weighted by Crippen LogP contribution is -2.35. The number of likely N-dealkylation sites (N-methyl/N-ethyl adjacent to an activating group) is 1. The minimum atomic E-state index is -0.706. The van der Waals surface area contributed by atoms with Crippen LogP contribution in [0.15, 0.2) is 54.1 Å². The van der Waals surface area contributed by atoms with Crippen LogP contribution in [0.25, 0.3) is 5.76 Å². The molecule has 1 heterocycles. The van der Waals surface area contributed by atoms with Crippen molar-refractivity contribution in [2.45, 2.75) is 13.0 Å². The van der Waals surface area contributed by atoms with Crippen LogP contribution in [0.2, 0.25) is 0 Å². The van der Waals surface area contributed by atoms with E-state index >= 15 is 0 Å². The first kappa shape index (κ1) is 22.4. The van der Waals surface area contributed by atoms with E-state index in [9.17, 15) is 14.7 Å². The van der Waals surface area contributed by atoms with Gasteiger partial charge in [-0.15, -0.1) is 0 Å². The van der Waals surface area contributed by atoms with Crippen LogP contribution in [0.4, 0.5) is 0 Å². The number of carbonyl (C=O) groups excluding carboxylic acids is 2. The van der Waals surface area contributed by atoms with Gasteiger partial charge in [0.25, 0.3) is 11.7 Å². The van der Waals surface area contributed by atoms with Crippen molar-refractivity contribution in [2.75, 3.05) is 40.9 Å². The number of rotatable bonds is 8. The van der Waals surface area contributed by atoms with Crippen LogP contribution in [0.5, 0.6) is 11.5 Å². The topological polar surface area (TPSA) is 79.3 Å². The van der Waals surface area contributed by atoms with Crippen molar-refractivity contribution in [2.24, 2.45) is 0 Å². The number of aliphatic hydroxyl groups is 1. The van der Waals surface area contributed by atoms with Gasteiger partial charge in [-0.25, -0.2) is 0 Å². The first-order valence-electron chi connectivity index (χ1n) is 10.2. The van der Waals surface area contributed by atoms with Crippen LogP contribution in [-0.4, -0.2) is 67.5 Å². The third-order valence-electron chi connectivity index (χ3n) is 5.18. The minimum Gasteiger partial charge on any atom is -0.507 e. The molecule has 1 amide bonds. The van der Waals surface area contributed by atoms with Gasteiger partial charge in [0.1, 0.15) is 17.3 Å². The highest BCUT2D eigenvalue weighted by atomic mass is 16.5. The minimum absolute atomic E-state index is 0.0718. The van der Waals surface area contributed by atoms with E-state index in [2.05, 4.69) is 0 Å². The molecule has 1 aliphatic rings. The van der Waals surface area contributed by atoms with Gasteiger partial charge in [-0.2, -0.15) is 0 Å². The molecule has 0 saturated carbocycles. The lowest BCUT2D eigenvalue weighted by molar-refractivity contribution is -0.140. The Morgan fingerprint density at radius 1 is 1.10 bits per heavy atom.